The second-order valence-electron chi connectivity index (χ2n) is 20.1. The molecule has 0 spiro atoms. The number of rotatable bonds is 8. The average Bonchev–Trinajstić information content (AvgIpc) is 3.72. The SMILES string of the molecule is CC(C)C1=C2[C@H]3CC[C@@H]4[C@@]5(C)CC[C@H](OC(=O)CC(C)(C)C(=O)O)C(C)(C)[C@@H]5CC[C@@]4(C)[C@]3(C)CC[C@@]2([C@@H](O)c2nnc(-c3ccc(C#N)cc3)o2)CC1=O. The molecule has 296 valence electrons. The molecule has 0 radical (unpaired) electrons. The third-order valence-corrected chi connectivity index (χ3v) is 16.3. The average molecular weight is 754 g/mol. The van der Waals surface area contributed by atoms with Gasteiger partial charge < -0.3 is 19.4 Å². The van der Waals surface area contributed by atoms with Crippen LogP contribution in [0.15, 0.2) is 39.8 Å². The van der Waals surface area contributed by atoms with Crippen LogP contribution in [0.3, 0.4) is 0 Å². The maximum Gasteiger partial charge on any atom is 0.309 e. The molecule has 0 saturated heterocycles. The molecule has 0 unspecified atom stereocenters. The molecule has 55 heavy (non-hydrogen) atoms. The van der Waals surface area contributed by atoms with Crippen molar-refractivity contribution in [1.82, 2.24) is 10.2 Å². The smallest absolute Gasteiger partial charge is 0.309 e. The fraction of sp³-hybridized carbons (Fsp3) is 0.689. The number of aliphatic hydroxyl groups excluding tert-OH is 1. The highest BCUT2D eigenvalue weighted by molar-refractivity contribution is 6.00. The maximum absolute atomic E-state index is 14.2. The summed E-state index contributed by atoms with van der Waals surface area (Å²) in [6.45, 7) is 19.3. The number of hydrogen-bond donors (Lipinski definition) is 2. The van der Waals surface area contributed by atoms with Crippen molar-refractivity contribution in [2.45, 2.75) is 139 Å². The van der Waals surface area contributed by atoms with E-state index in [0.29, 0.717) is 29.4 Å². The molecule has 4 saturated carbocycles. The summed E-state index contributed by atoms with van der Waals surface area (Å²) < 4.78 is 12.3. The topological polar surface area (TPSA) is 164 Å². The van der Waals surface area contributed by atoms with Gasteiger partial charge in [-0.2, -0.15) is 5.26 Å². The Morgan fingerprint density at radius 1 is 0.964 bits per heavy atom. The number of aromatic nitrogens is 2. The maximum atomic E-state index is 14.2. The molecule has 5 aliphatic rings. The third kappa shape index (κ3) is 5.76. The normalized spacial score (nSPS) is 35.9. The molecule has 10 heteroatoms. The van der Waals surface area contributed by atoms with Crippen LogP contribution < -0.4 is 0 Å². The van der Waals surface area contributed by atoms with Gasteiger partial charge >= 0.3 is 11.9 Å². The zero-order chi connectivity index (χ0) is 40.1. The molecule has 9 atom stereocenters. The van der Waals surface area contributed by atoms with Crippen LogP contribution >= 0.6 is 0 Å². The number of esters is 1. The lowest BCUT2D eigenvalue weighted by Crippen LogP contribution is -2.66. The number of Topliss-reactive ketones (excluding diaryl/α,β-unsaturated/α-hetero) is 1. The summed E-state index contributed by atoms with van der Waals surface area (Å²) in [5, 5.41) is 39.9. The van der Waals surface area contributed by atoms with E-state index in [-0.39, 0.29) is 70.0 Å². The summed E-state index contributed by atoms with van der Waals surface area (Å²) in [5.41, 5.74) is 0.747. The lowest BCUT2D eigenvalue weighted by Gasteiger charge is -2.72. The van der Waals surface area contributed by atoms with Gasteiger partial charge in [0, 0.05) is 22.8 Å². The number of nitrogens with zero attached hydrogens (tertiary/aromatic N) is 3. The van der Waals surface area contributed by atoms with Crippen LogP contribution in [0.1, 0.15) is 144 Å². The number of hydrogen-bond acceptors (Lipinski definition) is 9. The summed E-state index contributed by atoms with van der Waals surface area (Å²) >= 11 is 0. The van der Waals surface area contributed by atoms with E-state index < -0.39 is 28.9 Å². The number of allylic oxidation sites excluding steroid dienone is 1. The summed E-state index contributed by atoms with van der Waals surface area (Å²) in [5.74, 6) is -0.0763. The number of nitriles is 1. The van der Waals surface area contributed by atoms with E-state index in [9.17, 15) is 29.9 Å². The Balaban J connectivity index is 1.19. The highest BCUT2D eigenvalue weighted by atomic mass is 16.5. The van der Waals surface area contributed by atoms with Gasteiger partial charge in [0.2, 0.25) is 11.8 Å². The zero-order valence-corrected chi connectivity index (χ0v) is 34.1. The van der Waals surface area contributed by atoms with Crippen molar-refractivity contribution in [3.05, 3.63) is 46.9 Å². The fourth-order valence-electron chi connectivity index (χ4n) is 13.2. The molecule has 2 N–H and O–H groups in total. The predicted molar refractivity (Wildman–Crippen MR) is 205 cm³/mol. The second-order valence-corrected chi connectivity index (χ2v) is 20.1. The lowest BCUT2D eigenvalue weighted by atomic mass is 9.33. The van der Waals surface area contributed by atoms with E-state index in [1.54, 1.807) is 38.1 Å². The highest BCUT2D eigenvalue weighted by Crippen LogP contribution is 2.77. The van der Waals surface area contributed by atoms with Gasteiger partial charge in [-0.15, -0.1) is 10.2 Å². The van der Waals surface area contributed by atoms with Crippen molar-refractivity contribution in [2.24, 2.45) is 56.2 Å². The van der Waals surface area contributed by atoms with Crippen LogP contribution in [-0.2, 0) is 19.1 Å². The van der Waals surface area contributed by atoms with E-state index in [1.165, 1.54) is 0 Å². The van der Waals surface area contributed by atoms with Gasteiger partial charge in [0.25, 0.3) is 0 Å². The molecule has 1 heterocycles. The van der Waals surface area contributed by atoms with Crippen LogP contribution in [0.4, 0.5) is 0 Å². The molecular weight excluding hydrogens is 695 g/mol. The van der Waals surface area contributed by atoms with Gasteiger partial charge in [-0.1, -0.05) is 48.5 Å². The Kier molecular flexibility index (Phi) is 9.39. The van der Waals surface area contributed by atoms with Crippen LogP contribution in [0.5, 0.6) is 0 Å². The summed E-state index contributed by atoms with van der Waals surface area (Å²) in [7, 11) is 0. The van der Waals surface area contributed by atoms with Gasteiger partial charge in [-0.25, -0.2) is 0 Å². The van der Waals surface area contributed by atoms with Crippen molar-refractivity contribution in [3.8, 4) is 17.5 Å². The molecule has 0 aliphatic heterocycles. The largest absolute Gasteiger partial charge is 0.481 e. The number of fused-ring (bicyclic) bond motifs is 7. The van der Waals surface area contributed by atoms with Crippen LogP contribution in [0.25, 0.3) is 11.5 Å². The van der Waals surface area contributed by atoms with E-state index in [4.69, 9.17) is 9.15 Å². The monoisotopic (exact) mass is 753 g/mol. The van der Waals surface area contributed by atoms with Crippen molar-refractivity contribution in [1.29, 1.82) is 5.26 Å². The predicted octanol–water partition coefficient (Wildman–Crippen LogP) is 9.04. The molecule has 1 aromatic carbocycles. The number of ether oxygens (including phenoxy) is 1. The molecule has 4 fully saturated rings. The number of carboxylic acids is 1. The first kappa shape index (κ1) is 39.4. The lowest BCUT2D eigenvalue weighted by molar-refractivity contribution is -0.235. The number of carboxylic acid groups (broad SMARTS) is 1. The van der Waals surface area contributed by atoms with Gasteiger partial charge in [-0.3, -0.25) is 14.4 Å². The number of ketones is 1. The zero-order valence-electron chi connectivity index (χ0n) is 34.1. The Hall–Kier alpha value is -3.84. The van der Waals surface area contributed by atoms with E-state index in [0.717, 1.165) is 56.1 Å². The van der Waals surface area contributed by atoms with Gasteiger partial charge in [0.15, 0.2) is 5.78 Å². The first-order valence-corrected chi connectivity index (χ1v) is 20.4. The molecule has 0 amide bonds. The number of benzene rings is 1. The van der Waals surface area contributed by atoms with Crippen LogP contribution in [0.2, 0.25) is 0 Å². The highest BCUT2D eigenvalue weighted by Gasteiger charge is 2.71. The molecule has 1 aromatic heterocycles. The van der Waals surface area contributed by atoms with Crippen molar-refractivity contribution >= 4 is 17.7 Å². The van der Waals surface area contributed by atoms with Gasteiger partial charge in [0.1, 0.15) is 12.2 Å². The molecule has 0 bridgehead atoms. The minimum absolute atomic E-state index is 0.00806. The first-order valence-electron chi connectivity index (χ1n) is 20.4. The Labute approximate surface area is 325 Å². The molecule has 5 aliphatic carbocycles. The summed E-state index contributed by atoms with van der Waals surface area (Å²) in [6, 6.07) is 9.02. The second kappa shape index (κ2) is 13.1. The van der Waals surface area contributed by atoms with Crippen molar-refractivity contribution < 1.29 is 33.8 Å². The third-order valence-electron chi connectivity index (χ3n) is 16.3. The molecular formula is C45H59N3O7. The fourth-order valence-corrected chi connectivity index (χ4v) is 13.2. The quantitative estimate of drug-likeness (QED) is 0.249. The van der Waals surface area contributed by atoms with Crippen LogP contribution in [-0.4, -0.2) is 44.2 Å². The number of carbonyl (C=O) groups excluding carboxylic acids is 2. The van der Waals surface area contributed by atoms with Gasteiger partial charge in [-0.05, 0) is 141 Å². The number of aliphatic carboxylic acids is 1. The summed E-state index contributed by atoms with van der Waals surface area (Å²) in [4.78, 5) is 39.0. The Morgan fingerprint density at radius 3 is 2.29 bits per heavy atom. The molecule has 10 nitrogen and oxygen atoms in total. The standard InChI is InChI=1S/C45H59N3O7/c1-25(2)34-29(49)22-45(36(51)38-48-47-37(55-38)27-12-10-26(24-46)11-13-27)21-20-43(8)28(35(34)45)14-15-31-42(7)18-17-32(54-33(50)23-40(3,4)39(52)53)41(5,6)30(42)16-19-44(31,43)9/h10-13,25,28,30-32,36,51H,14-23H2,1-9H3,(H,52,53)/t28-,30+,31-,32+,36+,42+,43-,44-,45-/m1/s1. The van der Waals surface area contributed by atoms with E-state index >= 15 is 0 Å². The Bertz CT molecular complexity index is 1970. The van der Waals surface area contributed by atoms with Gasteiger partial charge in [0.05, 0.1) is 23.5 Å². The summed E-state index contributed by atoms with van der Waals surface area (Å²) in [6.07, 6.45) is 5.80. The Morgan fingerprint density at radius 2 is 1.65 bits per heavy atom. The first-order chi connectivity index (χ1) is 25.7. The molecule has 2 aromatic rings. The minimum atomic E-state index is -1.19. The van der Waals surface area contributed by atoms with E-state index in [2.05, 4.69) is 64.7 Å². The van der Waals surface area contributed by atoms with Crippen molar-refractivity contribution in [3.63, 3.8) is 0 Å². The number of carbonyl (C=O) groups is 3. The van der Waals surface area contributed by atoms with Crippen molar-refractivity contribution in [2.75, 3.05) is 0 Å². The molecule has 7 rings (SSSR count). The minimum Gasteiger partial charge on any atom is -0.481 e. The number of aliphatic hydroxyl groups is 1. The van der Waals surface area contributed by atoms with E-state index in [1.807, 2.05) is 0 Å². The van der Waals surface area contributed by atoms with Crippen LogP contribution in [0, 0.1) is 67.5 Å².